The van der Waals surface area contributed by atoms with Gasteiger partial charge in [0.05, 0.1) is 14.2 Å². The van der Waals surface area contributed by atoms with E-state index in [1.165, 1.54) is 33.2 Å². The minimum absolute atomic E-state index is 0.917. The average Bonchev–Trinajstić information content (AvgIpc) is 3.24. The SMILES string of the molecule is COc1ccc2c(c1)C(CCN1CCN(c3cccc4ccc(OC)cc34)CC1)=CC2. The van der Waals surface area contributed by atoms with Crippen molar-refractivity contribution < 1.29 is 9.47 Å². The molecule has 1 aliphatic heterocycles. The zero-order valence-corrected chi connectivity index (χ0v) is 18.4. The number of ether oxygens (including phenoxy) is 2. The molecule has 1 heterocycles. The molecule has 1 fully saturated rings. The average molecular weight is 415 g/mol. The monoisotopic (exact) mass is 414 g/mol. The fourth-order valence-electron chi connectivity index (χ4n) is 4.87. The van der Waals surface area contributed by atoms with Crippen LogP contribution >= 0.6 is 0 Å². The number of hydrogen-bond acceptors (Lipinski definition) is 4. The predicted octanol–water partition coefficient (Wildman–Crippen LogP) is 5.01. The van der Waals surface area contributed by atoms with Crippen LogP contribution in [0.4, 0.5) is 5.69 Å². The summed E-state index contributed by atoms with van der Waals surface area (Å²) in [5, 5.41) is 2.54. The van der Waals surface area contributed by atoms with Gasteiger partial charge in [0.2, 0.25) is 0 Å². The molecule has 0 unspecified atom stereocenters. The summed E-state index contributed by atoms with van der Waals surface area (Å²) in [6.45, 7) is 5.41. The van der Waals surface area contributed by atoms with Crippen molar-refractivity contribution in [2.24, 2.45) is 0 Å². The first-order valence-corrected chi connectivity index (χ1v) is 11.2. The number of fused-ring (bicyclic) bond motifs is 2. The Balaban J connectivity index is 1.22. The van der Waals surface area contributed by atoms with Gasteiger partial charge in [-0.2, -0.15) is 0 Å². The van der Waals surface area contributed by atoms with E-state index in [0.717, 1.165) is 57.1 Å². The molecule has 3 aromatic carbocycles. The van der Waals surface area contributed by atoms with Crippen LogP contribution in [0, 0.1) is 0 Å². The third-order valence-electron chi connectivity index (χ3n) is 6.71. The highest BCUT2D eigenvalue weighted by atomic mass is 16.5. The number of anilines is 1. The topological polar surface area (TPSA) is 24.9 Å². The minimum atomic E-state index is 0.917. The molecule has 0 bridgehead atoms. The van der Waals surface area contributed by atoms with Gasteiger partial charge in [-0.25, -0.2) is 0 Å². The van der Waals surface area contributed by atoms with Gasteiger partial charge in [-0.15, -0.1) is 0 Å². The molecule has 4 heteroatoms. The lowest BCUT2D eigenvalue weighted by Gasteiger charge is -2.36. The Labute approximate surface area is 184 Å². The van der Waals surface area contributed by atoms with Crippen molar-refractivity contribution in [2.45, 2.75) is 12.8 Å². The molecule has 0 saturated carbocycles. The van der Waals surface area contributed by atoms with E-state index in [1.54, 1.807) is 14.2 Å². The van der Waals surface area contributed by atoms with Crippen LogP contribution in [0.15, 0.2) is 60.7 Å². The zero-order valence-electron chi connectivity index (χ0n) is 18.4. The van der Waals surface area contributed by atoms with Crippen LogP contribution in [-0.4, -0.2) is 51.8 Å². The molecule has 160 valence electrons. The molecular formula is C27H30N2O2. The van der Waals surface area contributed by atoms with Gasteiger partial charge in [0, 0.05) is 43.8 Å². The van der Waals surface area contributed by atoms with Crippen molar-refractivity contribution in [3.05, 3.63) is 71.8 Å². The van der Waals surface area contributed by atoms with Crippen molar-refractivity contribution in [1.82, 2.24) is 4.90 Å². The number of piperazine rings is 1. The number of allylic oxidation sites excluding steroid dienone is 1. The van der Waals surface area contributed by atoms with Crippen LogP contribution in [0.5, 0.6) is 11.5 Å². The second-order valence-electron chi connectivity index (χ2n) is 8.40. The number of benzene rings is 3. The van der Waals surface area contributed by atoms with E-state index < -0.39 is 0 Å². The molecule has 3 aromatic rings. The summed E-state index contributed by atoms with van der Waals surface area (Å²) < 4.78 is 10.9. The molecule has 0 amide bonds. The van der Waals surface area contributed by atoms with Gasteiger partial charge in [-0.3, -0.25) is 4.90 Å². The standard InChI is InChI=1S/C27H30N2O2/c1-30-23-11-9-21-6-7-22(25(21)18-23)12-13-28-14-16-29(17-15-28)27-5-3-4-20-8-10-24(31-2)19-26(20)27/h3-5,7-11,18-19H,6,12-17H2,1-2H3. The highest BCUT2D eigenvalue weighted by Gasteiger charge is 2.21. The summed E-state index contributed by atoms with van der Waals surface area (Å²) in [6, 6.07) is 19.4. The lowest BCUT2D eigenvalue weighted by molar-refractivity contribution is 0.264. The normalized spacial score (nSPS) is 16.3. The molecule has 0 radical (unpaired) electrons. The predicted molar refractivity (Wildman–Crippen MR) is 128 cm³/mol. The lowest BCUT2D eigenvalue weighted by Crippen LogP contribution is -2.46. The summed E-state index contributed by atoms with van der Waals surface area (Å²) in [5.41, 5.74) is 5.59. The molecule has 5 rings (SSSR count). The van der Waals surface area contributed by atoms with Gasteiger partial charge in [0.25, 0.3) is 0 Å². The first-order valence-electron chi connectivity index (χ1n) is 11.2. The molecule has 0 aromatic heterocycles. The number of hydrogen-bond donors (Lipinski definition) is 0. The quantitative estimate of drug-likeness (QED) is 0.566. The van der Waals surface area contributed by atoms with Crippen LogP contribution in [0.25, 0.3) is 16.3 Å². The zero-order chi connectivity index (χ0) is 21.2. The maximum Gasteiger partial charge on any atom is 0.119 e. The maximum absolute atomic E-state index is 5.46. The van der Waals surface area contributed by atoms with Crippen molar-refractivity contribution >= 4 is 22.0 Å². The van der Waals surface area contributed by atoms with E-state index in [2.05, 4.69) is 64.4 Å². The van der Waals surface area contributed by atoms with Crippen molar-refractivity contribution in [1.29, 1.82) is 0 Å². The molecule has 4 nitrogen and oxygen atoms in total. The summed E-state index contributed by atoms with van der Waals surface area (Å²) in [4.78, 5) is 5.12. The second kappa shape index (κ2) is 8.64. The van der Waals surface area contributed by atoms with E-state index in [1.807, 2.05) is 6.07 Å². The minimum Gasteiger partial charge on any atom is -0.497 e. The van der Waals surface area contributed by atoms with Gasteiger partial charge in [0.1, 0.15) is 11.5 Å². The molecule has 31 heavy (non-hydrogen) atoms. The van der Waals surface area contributed by atoms with Crippen LogP contribution in [0.3, 0.4) is 0 Å². The highest BCUT2D eigenvalue weighted by molar-refractivity contribution is 5.95. The Morgan fingerprint density at radius 3 is 2.42 bits per heavy atom. The van der Waals surface area contributed by atoms with Crippen molar-refractivity contribution in [2.75, 3.05) is 51.8 Å². The molecule has 0 N–H and O–H groups in total. The van der Waals surface area contributed by atoms with Gasteiger partial charge in [0.15, 0.2) is 0 Å². The Kier molecular flexibility index (Phi) is 5.56. The Morgan fingerprint density at radius 1 is 0.839 bits per heavy atom. The number of nitrogens with zero attached hydrogens (tertiary/aromatic N) is 2. The van der Waals surface area contributed by atoms with E-state index >= 15 is 0 Å². The van der Waals surface area contributed by atoms with Crippen LogP contribution < -0.4 is 14.4 Å². The van der Waals surface area contributed by atoms with Crippen LogP contribution in [0.2, 0.25) is 0 Å². The highest BCUT2D eigenvalue weighted by Crippen LogP contribution is 2.33. The summed E-state index contributed by atoms with van der Waals surface area (Å²) >= 11 is 0. The van der Waals surface area contributed by atoms with Gasteiger partial charge in [-0.1, -0.05) is 30.3 Å². The van der Waals surface area contributed by atoms with E-state index in [4.69, 9.17) is 9.47 Å². The Bertz CT molecular complexity index is 1110. The number of methoxy groups -OCH3 is 2. The van der Waals surface area contributed by atoms with Gasteiger partial charge >= 0.3 is 0 Å². The first-order chi connectivity index (χ1) is 15.2. The molecular weight excluding hydrogens is 384 g/mol. The molecule has 1 saturated heterocycles. The smallest absolute Gasteiger partial charge is 0.119 e. The third kappa shape index (κ3) is 4.00. The van der Waals surface area contributed by atoms with E-state index in [-0.39, 0.29) is 0 Å². The molecule has 0 spiro atoms. The fraction of sp³-hybridized carbons (Fsp3) is 0.333. The van der Waals surface area contributed by atoms with Crippen LogP contribution in [0.1, 0.15) is 17.5 Å². The Morgan fingerprint density at radius 2 is 1.61 bits per heavy atom. The molecule has 2 aliphatic rings. The Hall–Kier alpha value is -2.98. The summed E-state index contributed by atoms with van der Waals surface area (Å²) in [7, 11) is 3.47. The first kappa shape index (κ1) is 20.0. The van der Waals surface area contributed by atoms with Crippen LogP contribution in [-0.2, 0) is 6.42 Å². The summed E-state index contributed by atoms with van der Waals surface area (Å²) in [6.07, 6.45) is 4.54. The van der Waals surface area contributed by atoms with Crippen molar-refractivity contribution in [3.8, 4) is 11.5 Å². The van der Waals surface area contributed by atoms with Gasteiger partial charge in [-0.05, 0) is 65.3 Å². The molecule has 1 aliphatic carbocycles. The molecule has 0 atom stereocenters. The maximum atomic E-state index is 5.46. The van der Waals surface area contributed by atoms with E-state index in [0.29, 0.717) is 0 Å². The largest absolute Gasteiger partial charge is 0.497 e. The summed E-state index contributed by atoms with van der Waals surface area (Å²) in [5.74, 6) is 1.87. The van der Waals surface area contributed by atoms with E-state index in [9.17, 15) is 0 Å². The second-order valence-corrected chi connectivity index (χ2v) is 8.40. The number of rotatable bonds is 6. The lowest BCUT2D eigenvalue weighted by atomic mass is 10.0. The third-order valence-corrected chi connectivity index (χ3v) is 6.71. The fourth-order valence-corrected chi connectivity index (χ4v) is 4.87. The van der Waals surface area contributed by atoms with Crippen molar-refractivity contribution in [3.63, 3.8) is 0 Å². The van der Waals surface area contributed by atoms with Gasteiger partial charge < -0.3 is 14.4 Å².